The van der Waals surface area contributed by atoms with Gasteiger partial charge in [0.15, 0.2) is 0 Å². The van der Waals surface area contributed by atoms with Crippen LogP contribution in [-0.4, -0.2) is 65.6 Å². The molecule has 114 valence electrons. The smallest absolute Gasteiger partial charge is 0.228 e. The van der Waals surface area contributed by atoms with Crippen molar-refractivity contribution in [2.45, 2.75) is 31.9 Å². The zero-order valence-corrected chi connectivity index (χ0v) is 12.6. The molecule has 0 spiro atoms. The molecule has 1 amide bonds. The Hall–Kier alpha value is -1.46. The summed E-state index contributed by atoms with van der Waals surface area (Å²) < 4.78 is 5.73. The summed E-state index contributed by atoms with van der Waals surface area (Å²) in [5.41, 5.74) is 0.851. The molecule has 0 radical (unpaired) electrons. The van der Waals surface area contributed by atoms with Gasteiger partial charge in [0.1, 0.15) is 0 Å². The number of carbonyl (C=O) groups excluding carboxylic acids is 1. The average Bonchev–Trinajstić information content (AvgIpc) is 2.90. The van der Waals surface area contributed by atoms with Gasteiger partial charge in [0.25, 0.3) is 0 Å². The molecule has 0 N–H and O–H groups in total. The lowest BCUT2D eigenvalue weighted by atomic mass is 10.1. The van der Waals surface area contributed by atoms with Gasteiger partial charge in [-0.1, -0.05) is 6.07 Å². The van der Waals surface area contributed by atoms with Crippen LogP contribution in [0.15, 0.2) is 24.4 Å². The SMILES string of the molecule is CCO[C@@H]1C[C@H]2CN(C(=O)Cc3ccccn3)CCN2C1. The third-order valence-electron chi connectivity index (χ3n) is 4.39. The number of amides is 1. The molecule has 0 saturated carbocycles. The van der Waals surface area contributed by atoms with Gasteiger partial charge in [-0.2, -0.15) is 0 Å². The van der Waals surface area contributed by atoms with E-state index in [9.17, 15) is 4.79 Å². The Kier molecular flexibility index (Phi) is 4.51. The topological polar surface area (TPSA) is 45.7 Å². The summed E-state index contributed by atoms with van der Waals surface area (Å²) in [6, 6.07) is 6.17. The minimum Gasteiger partial charge on any atom is -0.377 e. The van der Waals surface area contributed by atoms with Crippen molar-refractivity contribution in [2.75, 3.05) is 32.8 Å². The number of pyridine rings is 1. The molecule has 21 heavy (non-hydrogen) atoms. The molecule has 2 aliphatic heterocycles. The number of rotatable bonds is 4. The predicted octanol–water partition coefficient (Wildman–Crippen LogP) is 0.946. The number of hydrogen-bond donors (Lipinski definition) is 0. The molecule has 1 aromatic rings. The van der Waals surface area contributed by atoms with Gasteiger partial charge in [0.05, 0.1) is 12.5 Å². The fourth-order valence-electron chi connectivity index (χ4n) is 3.35. The Morgan fingerprint density at radius 3 is 3.05 bits per heavy atom. The van der Waals surface area contributed by atoms with E-state index in [0.29, 0.717) is 18.6 Å². The highest BCUT2D eigenvalue weighted by molar-refractivity contribution is 5.78. The van der Waals surface area contributed by atoms with E-state index in [2.05, 4.69) is 9.88 Å². The van der Waals surface area contributed by atoms with E-state index in [-0.39, 0.29) is 5.91 Å². The zero-order chi connectivity index (χ0) is 14.7. The van der Waals surface area contributed by atoms with Crippen LogP contribution in [0.5, 0.6) is 0 Å². The molecular formula is C16H23N3O2. The molecule has 1 aromatic heterocycles. The van der Waals surface area contributed by atoms with Crippen LogP contribution >= 0.6 is 0 Å². The average molecular weight is 289 g/mol. The number of hydrogen-bond acceptors (Lipinski definition) is 4. The highest BCUT2D eigenvalue weighted by atomic mass is 16.5. The molecule has 0 aromatic carbocycles. The Morgan fingerprint density at radius 2 is 2.29 bits per heavy atom. The van der Waals surface area contributed by atoms with Gasteiger partial charge in [0.2, 0.25) is 5.91 Å². The lowest BCUT2D eigenvalue weighted by Crippen LogP contribution is -2.52. The number of fused-ring (bicyclic) bond motifs is 1. The van der Waals surface area contributed by atoms with Crippen molar-refractivity contribution in [3.05, 3.63) is 30.1 Å². The summed E-state index contributed by atoms with van der Waals surface area (Å²) in [4.78, 5) is 21.1. The molecule has 3 rings (SSSR count). The van der Waals surface area contributed by atoms with E-state index in [1.165, 1.54) is 0 Å². The van der Waals surface area contributed by atoms with Crippen molar-refractivity contribution >= 4 is 5.91 Å². The largest absolute Gasteiger partial charge is 0.377 e. The van der Waals surface area contributed by atoms with E-state index < -0.39 is 0 Å². The first-order valence-corrected chi connectivity index (χ1v) is 7.79. The maximum absolute atomic E-state index is 12.4. The van der Waals surface area contributed by atoms with E-state index in [0.717, 1.165) is 44.9 Å². The van der Waals surface area contributed by atoms with Crippen molar-refractivity contribution in [3.8, 4) is 0 Å². The molecule has 3 heterocycles. The Morgan fingerprint density at radius 1 is 1.38 bits per heavy atom. The van der Waals surface area contributed by atoms with Crippen LogP contribution in [0.1, 0.15) is 19.0 Å². The van der Waals surface area contributed by atoms with E-state index >= 15 is 0 Å². The van der Waals surface area contributed by atoms with Gasteiger partial charge in [0, 0.05) is 50.7 Å². The Labute approximate surface area is 125 Å². The standard InChI is InChI=1S/C16H23N3O2/c1-2-21-15-10-14-11-19(8-7-18(14)12-15)16(20)9-13-5-3-4-6-17-13/h3-6,14-15H,2,7-12H2,1H3/t14-,15+/m0/s1. The first-order valence-electron chi connectivity index (χ1n) is 7.79. The normalized spacial score (nSPS) is 25.9. The first-order chi connectivity index (χ1) is 10.3. The van der Waals surface area contributed by atoms with Crippen LogP contribution in [-0.2, 0) is 16.0 Å². The molecule has 2 aliphatic rings. The van der Waals surface area contributed by atoms with Crippen molar-refractivity contribution in [1.82, 2.24) is 14.8 Å². The molecule has 0 unspecified atom stereocenters. The highest BCUT2D eigenvalue weighted by Crippen LogP contribution is 2.24. The van der Waals surface area contributed by atoms with Gasteiger partial charge in [-0.15, -0.1) is 0 Å². The summed E-state index contributed by atoms with van der Waals surface area (Å²) in [5.74, 6) is 0.188. The predicted molar refractivity (Wildman–Crippen MR) is 79.9 cm³/mol. The maximum atomic E-state index is 12.4. The van der Waals surface area contributed by atoms with Gasteiger partial charge in [-0.3, -0.25) is 14.7 Å². The van der Waals surface area contributed by atoms with Crippen LogP contribution in [0.25, 0.3) is 0 Å². The van der Waals surface area contributed by atoms with E-state index in [1.54, 1.807) is 6.20 Å². The minimum absolute atomic E-state index is 0.188. The molecule has 5 nitrogen and oxygen atoms in total. The number of carbonyl (C=O) groups is 1. The molecule has 2 fully saturated rings. The van der Waals surface area contributed by atoms with Gasteiger partial charge < -0.3 is 9.64 Å². The molecule has 0 aliphatic carbocycles. The van der Waals surface area contributed by atoms with Crippen molar-refractivity contribution in [3.63, 3.8) is 0 Å². The van der Waals surface area contributed by atoms with Crippen molar-refractivity contribution < 1.29 is 9.53 Å². The van der Waals surface area contributed by atoms with Gasteiger partial charge in [-0.25, -0.2) is 0 Å². The highest BCUT2D eigenvalue weighted by Gasteiger charge is 2.37. The maximum Gasteiger partial charge on any atom is 0.228 e. The number of nitrogens with zero attached hydrogens (tertiary/aromatic N) is 3. The summed E-state index contributed by atoms with van der Waals surface area (Å²) >= 11 is 0. The van der Waals surface area contributed by atoms with Crippen molar-refractivity contribution in [1.29, 1.82) is 0 Å². The second-order valence-corrected chi connectivity index (χ2v) is 5.80. The third-order valence-corrected chi connectivity index (χ3v) is 4.39. The fourth-order valence-corrected chi connectivity index (χ4v) is 3.35. The summed E-state index contributed by atoms with van der Waals surface area (Å²) in [6.45, 7) is 6.44. The third kappa shape index (κ3) is 3.41. The second-order valence-electron chi connectivity index (χ2n) is 5.80. The molecular weight excluding hydrogens is 266 g/mol. The van der Waals surface area contributed by atoms with Crippen LogP contribution in [0.3, 0.4) is 0 Å². The van der Waals surface area contributed by atoms with Crippen LogP contribution in [0, 0.1) is 0 Å². The Balaban J connectivity index is 1.55. The van der Waals surface area contributed by atoms with Crippen molar-refractivity contribution in [2.24, 2.45) is 0 Å². The lowest BCUT2D eigenvalue weighted by molar-refractivity contribution is -0.133. The monoisotopic (exact) mass is 289 g/mol. The summed E-state index contributed by atoms with van der Waals surface area (Å²) in [7, 11) is 0. The lowest BCUT2D eigenvalue weighted by Gasteiger charge is -2.37. The van der Waals surface area contributed by atoms with E-state index in [1.807, 2.05) is 30.0 Å². The zero-order valence-electron chi connectivity index (χ0n) is 12.6. The number of ether oxygens (including phenoxy) is 1. The Bertz CT molecular complexity index is 480. The molecule has 2 saturated heterocycles. The first kappa shape index (κ1) is 14.5. The fraction of sp³-hybridized carbons (Fsp3) is 0.625. The summed E-state index contributed by atoms with van der Waals surface area (Å²) in [6.07, 6.45) is 3.53. The quantitative estimate of drug-likeness (QED) is 0.828. The summed E-state index contributed by atoms with van der Waals surface area (Å²) in [5, 5.41) is 0. The second kappa shape index (κ2) is 6.54. The minimum atomic E-state index is 0.188. The van der Waals surface area contributed by atoms with Gasteiger partial charge in [-0.05, 0) is 25.5 Å². The van der Waals surface area contributed by atoms with E-state index in [4.69, 9.17) is 4.74 Å². The molecule has 5 heteroatoms. The number of piperazine rings is 1. The molecule has 0 bridgehead atoms. The molecule has 2 atom stereocenters. The van der Waals surface area contributed by atoms with Crippen LogP contribution in [0.2, 0.25) is 0 Å². The van der Waals surface area contributed by atoms with Crippen LogP contribution in [0.4, 0.5) is 0 Å². The number of aromatic nitrogens is 1. The van der Waals surface area contributed by atoms with Gasteiger partial charge >= 0.3 is 0 Å². The van der Waals surface area contributed by atoms with Crippen LogP contribution < -0.4 is 0 Å².